The van der Waals surface area contributed by atoms with Gasteiger partial charge in [0.15, 0.2) is 0 Å². The molecule has 1 heterocycles. The van der Waals surface area contributed by atoms with E-state index in [1.165, 1.54) is 0 Å². The van der Waals surface area contributed by atoms with Crippen molar-refractivity contribution in [1.82, 2.24) is 15.5 Å². The van der Waals surface area contributed by atoms with Gasteiger partial charge in [-0.15, -0.1) is 0 Å². The van der Waals surface area contributed by atoms with E-state index < -0.39 is 0 Å². The maximum Gasteiger partial charge on any atom is 0.251 e. The van der Waals surface area contributed by atoms with Gasteiger partial charge in [-0.2, -0.15) is 5.10 Å². The smallest absolute Gasteiger partial charge is 0.251 e. The Labute approximate surface area is 152 Å². The molecule has 0 spiro atoms. The summed E-state index contributed by atoms with van der Waals surface area (Å²) >= 11 is 0. The van der Waals surface area contributed by atoms with Crippen molar-refractivity contribution in [3.8, 4) is 0 Å². The van der Waals surface area contributed by atoms with E-state index in [-0.39, 0.29) is 23.8 Å². The number of rotatable bonds is 4. The van der Waals surface area contributed by atoms with Crippen LogP contribution in [0.2, 0.25) is 0 Å². The standard InChI is InChI=1S/C20H22N4O2/c1-20(2,3)22-19(26)13-7-6-8-14(11-13)21-18(25)12-17-15-9-4-5-10-16(15)23-24-17/h4-11H,12H2,1-3H3,(H,21,25)(H,22,26)(H,23,24). The molecule has 3 aromatic rings. The molecule has 0 bridgehead atoms. The quantitative estimate of drug-likeness (QED) is 0.675. The fraction of sp³-hybridized carbons (Fsp3) is 0.250. The second-order valence-corrected chi connectivity index (χ2v) is 7.23. The Hall–Kier alpha value is -3.15. The number of aromatic amines is 1. The number of hydrogen-bond acceptors (Lipinski definition) is 3. The largest absolute Gasteiger partial charge is 0.347 e. The number of benzene rings is 2. The second kappa shape index (κ2) is 7.00. The van der Waals surface area contributed by atoms with Gasteiger partial charge in [0.1, 0.15) is 0 Å². The number of aromatic nitrogens is 2. The molecule has 1 aromatic heterocycles. The minimum absolute atomic E-state index is 0.173. The number of carbonyl (C=O) groups excluding carboxylic acids is 2. The number of nitrogens with one attached hydrogen (secondary N) is 3. The first-order valence-corrected chi connectivity index (χ1v) is 8.46. The number of para-hydroxylation sites is 1. The molecule has 3 rings (SSSR count). The molecule has 3 N–H and O–H groups in total. The maximum absolute atomic E-state index is 12.4. The average Bonchev–Trinajstić information content (AvgIpc) is 2.96. The van der Waals surface area contributed by atoms with Crippen molar-refractivity contribution in [2.24, 2.45) is 0 Å². The Balaban J connectivity index is 1.70. The van der Waals surface area contributed by atoms with Crippen LogP contribution in [0.3, 0.4) is 0 Å². The summed E-state index contributed by atoms with van der Waals surface area (Å²) in [6.07, 6.45) is 0.179. The van der Waals surface area contributed by atoms with Crippen LogP contribution in [-0.4, -0.2) is 27.6 Å². The summed E-state index contributed by atoms with van der Waals surface area (Å²) in [4.78, 5) is 24.6. The van der Waals surface area contributed by atoms with Gasteiger partial charge in [0.25, 0.3) is 5.91 Å². The fourth-order valence-corrected chi connectivity index (χ4v) is 2.67. The number of hydrogen-bond donors (Lipinski definition) is 3. The molecular weight excluding hydrogens is 328 g/mol. The van der Waals surface area contributed by atoms with Gasteiger partial charge in [0.05, 0.1) is 17.6 Å². The van der Waals surface area contributed by atoms with Crippen molar-refractivity contribution in [3.05, 3.63) is 59.8 Å². The molecule has 0 aliphatic heterocycles. The Bertz CT molecular complexity index is 954. The summed E-state index contributed by atoms with van der Waals surface area (Å²) in [5.74, 6) is -0.346. The van der Waals surface area contributed by atoms with Crippen LogP contribution < -0.4 is 10.6 Å². The van der Waals surface area contributed by atoms with Gasteiger partial charge in [0.2, 0.25) is 5.91 Å². The van der Waals surface area contributed by atoms with Crippen LogP contribution in [0.1, 0.15) is 36.8 Å². The first-order chi connectivity index (χ1) is 12.3. The molecule has 0 unspecified atom stereocenters. The highest BCUT2D eigenvalue weighted by Crippen LogP contribution is 2.17. The lowest BCUT2D eigenvalue weighted by atomic mass is 10.1. The SMILES string of the molecule is CC(C)(C)NC(=O)c1cccc(NC(=O)Cc2[nH]nc3ccccc23)c1. The van der Waals surface area contributed by atoms with Crippen LogP contribution in [0.15, 0.2) is 48.5 Å². The number of amides is 2. The van der Waals surface area contributed by atoms with Gasteiger partial charge in [-0.1, -0.05) is 24.3 Å². The Morgan fingerprint density at radius 3 is 2.62 bits per heavy atom. The molecule has 26 heavy (non-hydrogen) atoms. The molecule has 6 nitrogen and oxygen atoms in total. The number of anilines is 1. The molecule has 134 valence electrons. The molecule has 0 fully saturated rings. The molecule has 2 amide bonds. The molecule has 0 saturated heterocycles. The lowest BCUT2D eigenvalue weighted by Crippen LogP contribution is -2.40. The second-order valence-electron chi connectivity index (χ2n) is 7.23. The van der Waals surface area contributed by atoms with Gasteiger partial charge in [-0.05, 0) is 45.0 Å². The Kier molecular flexibility index (Phi) is 4.75. The van der Waals surface area contributed by atoms with Crippen LogP contribution in [0.25, 0.3) is 10.9 Å². The van der Waals surface area contributed by atoms with Crippen LogP contribution in [-0.2, 0) is 11.2 Å². The summed E-state index contributed by atoms with van der Waals surface area (Å²) in [6, 6.07) is 14.5. The third kappa shape index (κ3) is 4.27. The molecule has 0 saturated carbocycles. The predicted octanol–water partition coefficient (Wildman–Crippen LogP) is 3.27. The zero-order valence-electron chi connectivity index (χ0n) is 15.1. The monoisotopic (exact) mass is 350 g/mol. The molecular formula is C20H22N4O2. The van der Waals surface area contributed by atoms with Crippen LogP contribution in [0.4, 0.5) is 5.69 Å². The highest BCUT2D eigenvalue weighted by atomic mass is 16.2. The van der Waals surface area contributed by atoms with Crippen molar-refractivity contribution in [2.75, 3.05) is 5.32 Å². The maximum atomic E-state index is 12.4. The van der Waals surface area contributed by atoms with E-state index in [4.69, 9.17) is 0 Å². The van der Waals surface area contributed by atoms with Crippen molar-refractivity contribution < 1.29 is 9.59 Å². The number of carbonyl (C=O) groups is 2. The van der Waals surface area contributed by atoms with E-state index in [0.717, 1.165) is 16.6 Å². The number of nitrogens with zero attached hydrogens (tertiary/aromatic N) is 1. The Morgan fingerprint density at radius 1 is 1.08 bits per heavy atom. The molecule has 2 aromatic carbocycles. The lowest BCUT2D eigenvalue weighted by Gasteiger charge is -2.20. The minimum Gasteiger partial charge on any atom is -0.347 e. The zero-order chi connectivity index (χ0) is 18.7. The molecule has 6 heteroatoms. The van der Waals surface area contributed by atoms with Gasteiger partial charge < -0.3 is 10.6 Å². The molecule has 0 aliphatic carbocycles. The summed E-state index contributed by atoms with van der Waals surface area (Å²) in [5, 5.41) is 13.8. The van der Waals surface area contributed by atoms with E-state index in [0.29, 0.717) is 11.3 Å². The number of H-pyrrole nitrogens is 1. The topological polar surface area (TPSA) is 86.9 Å². The van der Waals surface area contributed by atoms with E-state index >= 15 is 0 Å². The molecule has 0 atom stereocenters. The van der Waals surface area contributed by atoms with Gasteiger partial charge in [-0.3, -0.25) is 14.7 Å². The van der Waals surface area contributed by atoms with Gasteiger partial charge in [-0.25, -0.2) is 0 Å². The van der Waals surface area contributed by atoms with Crippen LogP contribution >= 0.6 is 0 Å². The number of fused-ring (bicyclic) bond motifs is 1. The third-order valence-corrected chi connectivity index (χ3v) is 3.77. The van der Waals surface area contributed by atoms with E-state index in [2.05, 4.69) is 20.8 Å². The summed E-state index contributed by atoms with van der Waals surface area (Å²) in [7, 11) is 0. The first-order valence-electron chi connectivity index (χ1n) is 8.46. The lowest BCUT2D eigenvalue weighted by molar-refractivity contribution is -0.115. The summed E-state index contributed by atoms with van der Waals surface area (Å²) in [6.45, 7) is 5.77. The predicted molar refractivity (Wildman–Crippen MR) is 102 cm³/mol. The zero-order valence-corrected chi connectivity index (χ0v) is 15.1. The summed E-state index contributed by atoms with van der Waals surface area (Å²) < 4.78 is 0. The first kappa shape index (κ1) is 17.7. The minimum atomic E-state index is -0.321. The highest BCUT2D eigenvalue weighted by molar-refractivity contribution is 5.98. The van der Waals surface area contributed by atoms with Crippen molar-refractivity contribution >= 4 is 28.4 Å². The third-order valence-electron chi connectivity index (χ3n) is 3.77. The van der Waals surface area contributed by atoms with E-state index in [9.17, 15) is 9.59 Å². The Morgan fingerprint density at radius 2 is 1.85 bits per heavy atom. The van der Waals surface area contributed by atoms with Crippen molar-refractivity contribution in [3.63, 3.8) is 0 Å². The van der Waals surface area contributed by atoms with Crippen LogP contribution in [0, 0.1) is 0 Å². The molecule has 0 radical (unpaired) electrons. The fourth-order valence-electron chi connectivity index (χ4n) is 2.67. The summed E-state index contributed by atoms with van der Waals surface area (Å²) in [5.41, 5.74) is 2.36. The van der Waals surface area contributed by atoms with E-state index in [1.807, 2.05) is 45.0 Å². The molecule has 0 aliphatic rings. The van der Waals surface area contributed by atoms with Crippen molar-refractivity contribution in [2.45, 2.75) is 32.7 Å². The van der Waals surface area contributed by atoms with Crippen LogP contribution in [0.5, 0.6) is 0 Å². The van der Waals surface area contributed by atoms with Gasteiger partial charge >= 0.3 is 0 Å². The average molecular weight is 350 g/mol. The highest BCUT2D eigenvalue weighted by Gasteiger charge is 2.16. The van der Waals surface area contributed by atoms with Gasteiger partial charge in [0, 0.05) is 22.2 Å². The van der Waals surface area contributed by atoms with Crippen molar-refractivity contribution in [1.29, 1.82) is 0 Å². The normalized spacial score (nSPS) is 11.3. The van der Waals surface area contributed by atoms with E-state index in [1.54, 1.807) is 24.3 Å².